The third-order valence-electron chi connectivity index (χ3n) is 4.79. The van der Waals surface area contributed by atoms with Gasteiger partial charge in [-0.1, -0.05) is 25.1 Å². The largest absolute Gasteiger partial charge is 0.384 e. The second kappa shape index (κ2) is 5.47. The van der Waals surface area contributed by atoms with E-state index in [2.05, 4.69) is 42.3 Å². The molecule has 2 aliphatic rings. The van der Waals surface area contributed by atoms with Crippen LogP contribution in [0.3, 0.4) is 0 Å². The number of amides is 1. The zero-order chi connectivity index (χ0) is 14.1. The molecule has 3 nitrogen and oxygen atoms in total. The van der Waals surface area contributed by atoms with Gasteiger partial charge < -0.3 is 10.2 Å². The van der Waals surface area contributed by atoms with E-state index in [9.17, 15) is 4.79 Å². The minimum Gasteiger partial charge on any atom is -0.384 e. The van der Waals surface area contributed by atoms with Crippen molar-refractivity contribution in [1.82, 2.24) is 4.90 Å². The van der Waals surface area contributed by atoms with E-state index in [-0.39, 0.29) is 5.92 Å². The van der Waals surface area contributed by atoms with E-state index in [1.54, 1.807) is 0 Å². The van der Waals surface area contributed by atoms with Crippen LogP contribution in [0, 0.1) is 11.8 Å². The van der Waals surface area contributed by atoms with Crippen LogP contribution < -0.4 is 5.32 Å². The lowest BCUT2D eigenvalue weighted by Gasteiger charge is -2.39. The number of piperidine rings is 1. The van der Waals surface area contributed by atoms with E-state index in [0.29, 0.717) is 11.9 Å². The van der Waals surface area contributed by atoms with Crippen molar-refractivity contribution in [3.8, 4) is 0 Å². The molecule has 1 fully saturated rings. The van der Waals surface area contributed by atoms with E-state index in [4.69, 9.17) is 0 Å². The third-order valence-corrected chi connectivity index (χ3v) is 4.79. The Hall–Kier alpha value is -1.51. The molecular formula is C17H24N2O. The Morgan fingerprint density at radius 1 is 1.30 bits per heavy atom. The summed E-state index contributed by atoms with van der Waals surface area (Å²) in [5.41, 5.74) is 2.46. The van der Waals surface area contributed by atoms with E-state index in [0.717, 1.165) is 38.3 Å². The van der Waals surface area contributed by atoms with E-state index in [1.165, 1.54) is 11.3 Å². The first-order valence-corrected chi connectivity index (χ1v) is 7.77. The average molecular weight is 272 g/mol. The highest BCUT2D eigenvalue weighted by Crippen LogP contribution is 2.28. The molecule has 0 radical (unpaired) electrons. The van der Waals surface area contributed by atoms with E-state index < -0.39 is 0 Å². The summed E-state index contributed by atoms with van der Waals surface area (Å²) in [6.07, 6.45) is 3.16. The Balaban J connectivity index is 1.70. The third kappa shape index (κ3) is 2.54. The summed E-state index contributed by atoms with van der Waals surface area (Å²) >= 11 is 0. The molecule has 1 aromatic carbocycles. The van der Waals surface area contributed by atoms with Crippen molar-refractivity contribution < 1.29 is 4.79 Å². The number of hydrogen-bond acceptors (Lipinski definition) is 2. The van der Waals surface area contributed by atoms with Gasteiger partial charge in [0.25, 0.3) is 0 Å². The van der Waals surface area contributed by atoms with Crippen molar-refractivity contribution >= 4 is 11.6 Å². The number of anilines is 1. The van der Waals surface area contributed by atoms with Gasteiger partial charge in [-0.25, -0.2) is 0 Å². The Morgan fingerprint density at radius 2 is 2.10 bits per heavy atom. The van der Waals surface area contributed by atoms with Gasteiger partial charge in [0.2, 0.25) is 5.91 Å². The molecule has 3 rings (SSSR count). The van der Waals surface area contributed by atoms with Gasteiger partial charge >= 0.3 is 0 Å². The van der Waals surface area contributed by atoms with Gasteiger partial charge in [0.1, 0.15) is 0 Å². The summed E-state index contributed by atoms with van der Waals surface area (Å²) in [5.74, 6) is 1.19. The first-order chi connectivity index (χ1) is 9.65. The molecular weight excluding hydrogens is 248 g/mol. The predicted molar refractivity (Wildman–Crippen MR) is 81.7 cm³/mol. The standard InChI is InChI=1S/C17H24N2O/c1-12-7-8-19(13(2)9-12)17(20)15-10-14-5-3-4-6-16(14)18-11-15/h3-6,12-13,15,18H,7-11H2,1-2H3. The maximum atomic E-state index is 12.8. The molecule has 0 bridgehead atoms. The zero-order valence-corrected chi connectivity index (χ0v) is 12.4. The number of hydrogen-bond donors (Lipinski definition) is 1. The first kappa shape index (κ1) is 13.5. The fraction of sp³-hybridized carbons (Fsp3) is 0.588. The predicted octanol–water partition coefficient (Wildman–Crippen LogP) is 2.92. The van der Waals surface area contributed by atoms with Gasteiger partial charge in [0, 0.05) is 24.8 Å². The second-order valence-electron chi connectivity index (χ2n) is 6.45. The van der Waals surface area contributed by atoms with Crippen LogP contribution in [0.5, 0.6) is 0 Å². The maximum Gasteiger partial charge on any atom is 0.228 e. The maximum absolute atomic E-state index is 12.8. The molecule has 2 heterocycles. The highest BCUT2D eigenvalue weighted by atomic mass is 16.2. The Morgan fingerprint density at radius 3 is 2.90 bits per heavy atom. The minimum atomic E-state index is 0.0979. The van der Waals surface area contributed by atoms with Crippen LogP contribution in [-0.2, 0) is 11.2 Å². The fourth-order valence-corrected chi connectivity index (χ4v) is 3.59. The van der Waals surface area contributed by atoms with E-state index >= 15 is 0 Å². The van der Waals surface area contributed by atoms with Gasteiger partial charge in [-0.3, -0.25) is 4.79 Å². The number of carbonyl (C=O) groups excluding carboxylic acids is 1. The summed E-state index contributed by atoms with van der Waals surface area (Å²) < 4.78 is 0. The summed E-state index contributed by atoms with van der Waals surface area (Å²) in [7, 11) is 0. The molecule has 3 unspecified atom stereocenters. The summed E-state index contributed by atoms with van der Waals surface area (Å²) in [4.78, 5) is 14.9. The molecule has 1 amide bonds. The molecule has 2 aliphatic heterocycles. The average Bonchev–Trinajstić information content (AvgIpc) is 2.46. The first-order valence-electron chi connectivity index (χ1n) is 7.77. The van der Waals surface area contributed by atoms with Gasteiger partial charge in [-0.15, -0.1) is 0 Å². The molecule has 20 heavy (non-hydrogen) atoms. The molecule has 0 aromatic heterocycles. The van der Waals surface area contributed by atoms with Gasteiger partial charge in [-0.05, 0) is 43.7 Å². The van der Waals surface area contributed by atoms with Gasteiger partial charge in [0.15, 0.2) is 0 Å². The van der Waals surface area contributed by atoms with Crippen molar-refractivity contribution in [2.75, 3.05) is 18.4 Å². The normalized spacial score (nSPS) is 29.5. The lowest BCUT2D eigenvalue weighted by atomic mass is 9.89. The number of nitrogens with one attached hydrogen (secondary N) is 1. The number of likely N-dealkylation sites (tertiary alicyclic amines) is 1. The highest BCUT2D eigenvalue weighted by molar-refractivity contribution is 5.81. The van der Waals surface area contributed by atoms with Crippen molar-refractivity contribution in [1.29, 1.82) is 0 Å². The number of nitrogens with zero attached hydrogens (tertiary/aromatic N) is 1. The van der Waals surface area contributed by atoms with Crippen LogP contribution in [0.1, 0.15) is 32.3 Å². The summed E-state index contributed by atoms with van der Waals surface area (Å²) in [5, 5.41) is 3.41. The van der Waals surface area contributed by atoms with E-state index in [1.807, 2.05) is 6.07 Å². The smallest absolute Gasteiger partial charge is 0.228 e. The fourth-order valence-electron chi connectivity index (χ4n) is 3.59. The zero-order valence-electron chi connectivity index (χ0n) is 12.4. The van der Waals surface area contributed by atoms with Crippen LogP contribution in [0.4, 0.5) is 5.69 Å². The molecule has 3 heteroatoms. The van der Waals surface area contributed by atoms with Crippen molar-refractivity contribution in [3.05, 3.63) is 29.8 Å². The molecule has 1 aromatic rings. The number of benzene rings is 1. The highest BCUT2D eigenvalue weighted by Gasteiger charge is 2.33. The molecule has 1 N–H and O–H groups in total. The number of rotatable bonds is 1. The molecule has 0 saturated carbocycles. The lowest BCUT2D eigenvalue weighted by Crippen LogP contribution is -2.49. The monoisotopic (exact) mass is 272 g/mol. The SMILES string of the molecule is CC1CCN(C(=O)C2CNc3ccccc3C2)C(C)C1. The Labute approximate surface area is 121 Å². The van der Waals surface area contributed by atoms with Crippen LogP contribution in [0.25, 0.3) is 0 Å². The molecule has 1 saturated heterocycles. The topological polar surface area (TPSA) is 32.3 Å². The van der Waals surface area contributed by atoms with Gasteiger partial charge in [-0.2, -0.15) is 0 Å². The number of para-hydroxylation sites is 1. The number of carbonyl (C=O) groups is 1. The molecule has 0 aliphatic carbocycles. The summed E-state index contributed by atoms with van der Waals surface area (Å²) in [6.45, 7) is 6.18. The Bertz CT molecular complexity index is 500. The molecule has 108 valence electrons. The minimum absolute atomic E-state index is 0.0979. The van der Waals surface area contributed by atoms with Crippen molar-refractivity contribution in [3.63, 3.8) is 0 Å². The van der Waals surface area contributed by atoms with Crippen LogP contribution in [0.15, 0.2) is 24.3 Å². The second-order valence-corrected chi connectivity index (χ2v) is 6.45. The van der Waals surface area contributed by atoms with Gasteiger partial charge in [0.05, 0.1) is 5.92 Å². The lowest BCUT2D eigenvalue weighted by molar-refractivity contribution is -0.139. The van der Waals surface area contributed by atoms with Crippen molar-refractivity contribution in [2.24, 2.45) is 11.8 Å². The Kier molecular flexibility index (Phi) is 3.68. The summed E-state index contributed by atoms with van der Waals surface area (Å²) in [6, 6.07) is 8.72. The van der Waals surface area contributed by atoms with Crippen molar-refractivity contribution in [2.45, 2.75) is 39.2 Å². The van der Waals surface area contributed by atoms with Crippen LogP contribution >= 0.6 is 0 Å². The molecule has 0 spiro atoms. The quantitative estimate of drug-likeness (QED) is 0.852. The van der Waals surface area contributed by atoms with Crippen LogP contribution in [0.2, 0.25) is 0 Å². The van der Waals surface area contributed by atoms with Crippen LogP contribution in [-0.4, -0.2) is 29.9 Å². The number of fused-ring (bicyclic) bond motifs is 1. The molecule has 3 atom stereocenters.